The van der Waals surface area contributed by atoms with Gasteiger partial charge in [-0.25, -0.2) is 19.4 Å². The molecule has 1 aromatic carbocycles. The number of carbonyl (C=O) groups excluding carboxylic acids is 1. The summed E-state index contributed by atoms with van der Waals surface area (Å²) in [6, 6.07) is 8.69. The summed E-state index contributed by atoms with van der Waals surface area (Å²) in [6.07, 6.45) is -13.6. The maximum atomic E-state index is 13.1. The fourth-order valence-electron chi connectivity index (χ4n) is 3.58. The van der Waals surface area contributed by atoms with Crippen LogP contribution in [0.4, 0.5) is 26.3 Å². The third-order valence-electron chi connectivity index (χ3n) is 5.53. The number of ketones is 1. The van der Waals surface area contributed by atoms with Crippen LogP contribution in [0, 0.1) is 0 Å². The fourth-order valence-corrected chi connectivity index (χ4v) is 4.13. The molecule has 0 aliphatic carbocycles. The Balaban J connectivity index is 1.77. The third-order valence-corrected chi connectivity index (χ3v) is 6.40. The van der Waals surface area contributed by atoms with E-state index in [1.165, 1.54) is 42.6 Å². The zero-order valence-electron chi connectivity index (χ0n) is 20.4. The Morgan fingerprint density at radius 3 is 2.37 bits per heavy atom. The van der Waals surface area contributed by atoms with Crippen LogP contribution in [-0.2, 0) is 13.1 Å². The Morgan fingerprint density at radius 2 is 1.76 bits per heavy atom. The van der Waals surface area contributed by atoms with Gasteiger partial charge in [0.15, 0.2) is 23.6 Å². The third kappa shape index (κ3) is 7.20. The van der Waals surface area contributed by atoms with E-state index in [4.69, 9.17) is 11.6 Å². The van der Waals surface area contributed by atoms with E-state index >= 15 is 0 Å². The molecule has 0 spiro atoms. The van der Waals surface area contributed by atoms with Crippen molar-refractivity contribution in [3.63, 3.8) is 0 Å². The van der Waals surface area contributed by atoms with Crippen molar-refractivity contribution in [2.24, 2.45) is 0 Å². The van der Waals surface area contributed by atoms with E-state index in [2.05, 4.69) is 36.1 Å². The van der Waals surface area contributed by atoms with Gasteiger partial charge in [0, 0.05) is 23.2 Å². The summed E-state index contributed by atoms with van der Waals surface area (Å²) in [7, 11) is 0. The molecule has 18 heteroatoms. The van der Waals surface area contributed by atoms with Crippen LogP contribution in [0.25, 0.3) is 17.2 Å². The molecule has 0 fully saturated rings. The number of alkyl halides is 6. The highest BCUT2D eigenvalue weighted by Gasteiger charge is 2.39. The molecular formula is C23H17BrClF6N7O3. The van der Waals surface area contributed by atoms with Crippen LogP contribution in [-0.4, -0.2) is 63.4 Å². The Morgan fingerprint density at radius 1 is 1.07 bits per heavy atom. The summed E-state index contributed by atoms with van der Waals surface area (Å²) < 4.78 is 80.1. The van der Waals surface area contributed by atoms with Gasteiger partial charge in [-0.05, 0) is 52.3 Å². The van der Waals surface area contributed by atoms with Crippen molar-refractivity contribution < 1.29 is 36.2 Å². The van der Waals surface area contributed by atoms with Crippen LogP contribution in [0.3, 0.4) is 0 Å². The SMILES string of the molecule is O=C(CCC(F)(F)F)c1nc(Cn2nc(-c3ccc(Cl)cc3)n(C[C@H](O)C(F)(F)F)c2=O)nn1-c1ncccc1Br. The van der Waals surface area contributed by atoms with Gasteiger partial charge in [0.05, 0.1) is 17.4 Å². The molecule has 0 unspecified atom stereocenters. The van der Waals surface area contributed by atoms with Crippen molar-refractivity contribution in [2.75, 3.05) is 0 Å². The first-order valence-electron chi connectivity index (χ1n) is 11.5. The number of Topliss-reactive ketones (excluding diaryl/α,β-unsaturated/α-hetero) is 1. The van der Waals surface area contributed by atoms with Gasteiger partial charge in [-0.1, -0.05) is 11.6 Å². The Labute approximate surface area is 239 Å². The van der Waals surface area contributed by atoms with E-state index < -0.39 is 61.7 Å². The fraction of sp³-hybridized carbons (Fsp3) is 0.304. The highest BCUT2D eigenvalue weighted by Crippen LogP contribution is 2.26. The monoisotopic (exact) mass is 667 g/mol. The molecule has 3 heterocycles. The molecule has 4 aromatic rings. The first kappa shape index (κ1) is 30.4. The van der Waals surface area contributed by atoms with E-state index in [0.29, 0.717) is 18.7 Å². The van der Waals surface area contributed by atoms with E-state index in [9.17, 15) is 41.0 Å². The summed E-state index contributed by atoms with van der Waals surface area (Å²) >= 11 is 9.10. The standard InChI is InChI=1S/C23H17BrClF6N7O3/c24-14-2-1-9-32-19(14)38-20(15(39)7-8-22(26,27)28)33-17(34-38)11-37-21(41)36(10-16(40)23(29,30)31)18(35-37)12-3-5-13(25)6-4-12/h1-6,9,16,40H,7-8,10-11H2/t16-/m0/s1. The minimum absolute atomic E-state index is 0.00892. The summed E-state index contributed by atoms with van der Waals surface area (Å²) in [5, 5.41) is 18.1. The Bertz CT molecular complexity index is 1620. The van der Waals surface area contributed by atoms with Gasteiger partial charge >= 0.3 is 18.0 Å². The summed E-state index contributed by atoms with van der Waals surface area (Å²) in [5.74, 6) is -2.05. The number of aliphatic hydroxyl groups is 1. The second-order valence-electron chi connectivity index (χ2n) is 8.55. The van der Waals surface area contributed by atoms with E-state index in [1.54, 1.807) is 0 Å². The summed E-state index contributed by atoms with van der Waals surface area (Å²) in [4.78, 5) is 33.9. The lowest BCUT2D eigenvalue weighted by Gasteiger charge is -2.15. The molecule has 1 atom stereocenters. The highest BCUT2D eigenvalue weighted by atomic mass is 79.9. The number of hydrogen-bond donors (Lipinski definition) is 1. The van der Waals surface area contributed by atoms with E-state index in [1.807, 2.05) is 0 Å². The van der Waals surface area contributed by atoms with Gasteiger partial charge in [-0.2, -0.15) is 31.0 Å². The van der Waals surface area contributed by atoms with E-state index in [0.717, 1.165) is 4.68 Å². The Hall–Kier alpha value is -3.57. The molecule has 0 aliphatic rings. The van der Waals surface area contributed by atoms with Crippen molar-refractivity contribution in [1.29, 1.82) is 0 Å². The molecule has 0 saturated heterocycles. The molecule has 3 aromatic heterocycles. The predicted molar refractivity (Wildman–Crippen MR) is 135 cm³/mol. The maximum Gasteiger partial charge on any atom is 0.416 e. The quantitative estimate of drug-likeness (QED) is 0.205. The van der Waals surface area contributed by atoms with Crippen LogP contribution < -0.4 is 5.69 Å². The topological polar surface area (TPSA) is 121 Å². The molecule has 10 nitrogen and oxygen atoms in total. The van der Waals surface area contributed by atoms with Crippen molar-refractivity contribution in [1.82, 2.24) is 34.1 Å². The van der Waals surface area contributed by atoms with Crippen molar-refractivity contribution in [3.8, 4) is 17.2 Å². The Kier molecular flexibility index (Phi) is 8.70. The number of rotatable bonds is 9. The van der Waals surface area contributed by atoms with Crippen LogP contribution >= 0.6 is 27.5 Å². The number of halogens is 8. The maximum absolute atomic E-state index is 13.1. The number of pyridine rings is 1. The second-order valence-corrected chi connectivity index (χ2v) is 9.84. The number of nitrogens with zero attached hydrogens (tertiary/aromatic N) is 7. The van der Waals surface area contributed by atoms with E-state index in [-0.39, 0.29) is 23.0 Å². The first-order valence-corrected chi connectivity index (χ1v) is 12.7. The minimum atomic E-state index is -5.04. The van der Waals surface area contributed by atoms with Gasteiger partial charge in [-0.15, -0.1) is 10.2 Å². The van der Waals surface area contributed by atoms with Crippen molar-refractivity contribution in [3.05, 3.63) is 74.2 Å². The number of aromatic nitrogens is 7. The average Bonchev–Trinajstić information content (AvgIpc) is 3.44. The van der Waals surface area contributed by atoms with Crippen LogP contribution in [0.5, 0.6) is 0 Å². The normalized spacial score (nSPS) is 13.0. The smallest absolute Gasteiger partial charge is 0.382 e. The molecule has 41 heavy (non-hydrogen) atoms. The van der Waals surface area contributed by atoms with Crippen LogP contribution in [0.1, 0.15) is 29.3 Å². The van der Waals surface area contributed by atoms with Gasteiger partial charge < -0.3 is 5.11 Å². The van der Waals surface area contributed by atoms with Crippen LogP contribution in [0.15, 0.2) is 51.9 Å². The van der Waals surface area contributed by atoms with Crippen molar-refractivity contribution in [2.45, 2.75) is 44.4 Å². The largest absolute Gasteiger partial charge is 0.416 e. The number of aliphatic hydroxyl groups excluding tert-OH is 1. The molecule has 0 saturated carbocycles. The molecule has 0 radical (unpaired) electrons. The van der Waals surface area contributed by atoms with Crippen molar-refractivity contribution >= 4 is 33.3 Å². The molecule has 0 aliphatic heterocycles. The zero-order chi connectivity index (χ0) is 30.1. The lowest BCUT2D eigenvalue weighted by molar-refractivity contribution is -0.207. The van der Waals surface area contributed by atoms with Gasteiger partial charge in [0.1, 0.15) is 6.54 Å². The molecule has 0 bridgehead atoms. The first-order chi connectivity index (χ1) is 19.1. The number of carbonyl (C=O) groups is 1. The van der Waals surface area contributed by atoms with Gasteiger partial charge in [0.2, 0.25) is 11.6 Å². The zero-order valence-corrected chi connectivity index (χ0v) is 22.7. The lowest BCUT2D eigenvalue weighted by atomic mass is 10.2. The summed E-state index contributed by atoms with van der Waals surface area (Å²) in [6.45, 7) is -1.78. The molecule has 218 valence electrons. The predicted octanol–water partition coefficient (Wildman–Crippen LogP) is 4.60. The minimum Gasteiger partial charge on any atom is -0.382 e. The molecule has 4 rings (SSSR count). The van der Waals surface area contributed by atoms with Crippen LogP contribution in [0.2, 0.25) is 5.02 Å². The average molecular weight is 669 g/mol. The molecule has 1 N–H and O–H groups in total. The van der Waals surface area contributed by atoms with Gasteiger partial charge in [-0.3, -0.25) is 9.36 Å². The molecular weight excluding hydrogens is 652 g/mol. The second kappa shape index (κ2) is 11.7. The lowest BCUT2D eigenvalue weighted by Crippen LogP contribution is -2.37. The van der Waals surface area contributed by atoms with Gasteiger partial charge in [0.25, 0.3) is 0 Å². The number of benzene rings is 1. The molecule has 0 amide bonds. The summed E-state index contributed by atoms with van der Waals surface area (Å²) in [5.41, 5.74) is -0.892. The highest BCUT2D eigenvalue weighted by molar-refractivity contribution is 9.10. The number of hydrogen-bond acceptors (Lipinski definition) is 7.